The summed E-state index contributed by atoms with van der Waals surface area (Å²) in [6.45, 7) is 5.13. The van der Waals surface area contributed by atoms with Crippen LogP contribution in [-0.4, -0.2) is 18.6 Å². The number of para-hydroxylation sites is 1. The predicted octanol–water partition coefficient (Wildman–Crippen LogP) is 3.54. The molecule has 0 saturated carbocycles. The molecule has 3 rings (SSSR count). The van der Waals surface area contributed by atoms with Crippen molar-refractivity contribution in [3.8, 4) is 0 Å². The van der Waals surface area contributed by atoms with Gasteiger partial charge in [0.05, 0.1) is 11.9 Å². The van der Waals surface area contributed by atoms with Gasteiger partial charge < -0.3 is 9.84 Å². The van der Waals surface area contributed by atoms with Crippen molar-refractivity contribution in [1.82, 2.24) is 10.1 Å². The second-order valence-corrected chi connectivity index (χ2v) is 7.25. The van der Waals surface area contributed by atoms with Gasteiger partial charge in [-0.1, -0.05) is 23.4 Å². The summed E-state index contributed by atoms with van der Waals surface area (Å²) in [6.07, 6.45) is 1.45. The van der Waals surface area contributed by atoms with E-state index in [1.54, 1.807) is 26.0 Å². The van der Waals surface area contributed by atoms with Gasteiger partial charge >= 0.3 is 0 Å². The Morgan fingerprint density at radius 2 is 1.80 bits per heavy atom. The van der Waals surface area contributed by atoms with E-state index in [0.29, 0.717) is 17.2 Å². The van der Waals surface area contributed by atoms with Crippen molar-refractivity contribution >= 4 is 27.2 Å². The SMILES string of the molecule is Cc1ccccc1Nc1ccc(NS(=O)(=O)c2c(C)noc2C)cn1. The molecule has 0 fully saturated rings. The molecule has 8 heteroatoms. The lowest BCUT2D eigenvalue weighted by molar-refractivity contribution is 0.390. The van der Waals surface area contributed by atoms with Crippen molar-refractivity contribution < 1.29 is 12.9 Å². The van der Waals surface area contributed by atoms with Gasteiger partial charge in [-0.2, -0.15) is 0 Å². The summed E-state index contributed by atoms with van der Waals surface area (Å²) in [5.74, 6) is 0.866. The van der Waals surface area contributed by atoms with E-state index in [-0.39, 0.29) is 10.7 Å². The van der Waals surface area contributed by atoms with Crippen molar-refractivity contribution in [3.05, 3.63) is 59.6 Å². The van der Waals surface area contributed by atoms with Crippen LogP contribution in [0.15, 0.2) is 52.0 Å². The van der Waals surface area contributed by atoms with Gasteiger partial charge in [0, 0.05) is 5.69 Å². The molecule has 1 aromatic carbocycles. The van der Waals surface area contributed by atoms with Crippen LogP contribution in [0.1, 0.15) is 17.0 Å². The normalized spacial score (nSPS) is 11.3. The number of aryl methyl sites for hydroxylation is 3. The maximum Gasteiger partial charge on any atom is 0.267 e. The zero-order valence-electron chi connectivity index (χ0n) is 14.1. The third-order valence-electron chi connectivity index (χ3n) is 3.66. The average Bonchev–Trinajstić information content (AvgIpc) is 2.91. The minimum atomic E-state index is -3.78. The van der Waals surface area contributed by atoms with Crippen LogP contribution in [0.2, 0.25) is 0 Å². The molecule has 0 spiro atoms. The Labute approximate surface area is 146 Å². The largest absolute Gasteiger partial charge is 0.360 e. The summed E-state index contributed by atoms with van der Waals surface area (Å²) in [5.41, 5.74) is 2.71. The summed E-state index contributed by atoms with van der Waals surface area (Å²) in [6, 6.07) is 11.2. The summed E-state index contributed by atoms with van der Waals surface area (Å²) in [4.78, 5) is 4.30. The zero-order chi connectivity index (χ0) is 18.0. The highest BCUT2D eigenvalue weighted by molar-refractivity contribution is 7.92. The number of aromatic nitrogens is 2. The molecule has 2 aromatic heterocycles. The van der Waals surface area contributed by atoms with Gasteiger partial charge in [-0.15, -0.1) is 0 Å². The molecule has 0 aliphatic rings. The molecular weight excluding hydrogens is 340 g/mol. The number of sulfonamides is 1. The second-order valence-electron chi connectivity index (χ2n) is 5.63. The molecule has 0 aliphatic heterocycles. The minimum absolute atomic E-state index is 0.0506. The molecule has 0 atom stereocenters. The Hall–Kier alpha value is -2.87. The van der Waals surface area contributed by atoms with Gasteiger partial charge in [0.1, 0.15) is 11.5 Å². The molecule has 0 aliphatic carbocycles. The molecule has 3 aromatic rings. The van der Waals surface area contributed by atoms with E-state index in [0.717, 1.165) is 11.3 Å². The molecule has 0 unspecified atom stereocenters. The first-order chi connectivity index (χ1) is 11.9. The molecule has 0 saturated heterocycles. The van der Waals surface area contributed by atoms with Crippen molar-refractivity contribution in [2.24, 2.45) is 0 Å². The van der Waals surface area contributed by atoms with E-state index >= 15 is 0 Å². The first-order valence-corrected chi connectivity index (χ1v) is 9.09. The number of nitrogens with one attached hydrogen (secondary N) is 2. The number of hydrogen-bond acceptors (Lipinski definition) is 6. The van der Waals surface area contributed by atoms with E-state index in [9.17, 15) is 8.42 Å². The molecule has 0 radical (unpaired) electrons. The van der Waals surface area contributed by atoms with Crippen LogP contribution in [0.5, 0.6) is 0 Å². The molecule has 25 heavy (non-hydrogen) atoms. The summed E-state index contributed by atoms with van der Waals surface area (Å²) < 4.78 is 32.3. The molecule has 0 amide bonds. The Kier molecular flexibility index (Phi) is 4.45. The van der Waals surface area contributed by atoms with Crippen LogP contribution in [0.25, 0.3) is 0 Å². The van der Waals surface area contributed by atoms with Crippen LogP contribution in [0.3, 0.4) is 0 Å². The number of rotatable bonds is 5. The lowest BCUT2D eigenvalue weighted by Gasteiger charge is -2.10. The van der Waals surface area contributed by atoms with Gasteiger partial charge in [-0.25, -0.2) is 13.4 Å². The quantitative estimate of drug-likeness (QED) is 0.724. The number of anilines is 3. The van der Waals surface area contributed by atoms with Crippen molar-refractivity contribution in [2.75, 3.05) is 10.0 Å². The van der Waals surface area contributed by atoms with Crippen LogP contribution in [-0.2, 0) is 10.0 Å². The van der Waals surface area contributed by atoms with E-state index in [1.807, 2.05) is 31.2 Å². The maximum atomic E-state index is 12.5. The highest BCUT2D eigenvalue weighted by Crippen LogP contribution is 2.23. The second kappa shape index (κ2) is 6.56. The number of hydrogen-bond donors (Lipinski definition) is 2. The van der Waals surface area contributed by atoms with E-state index in [2.05, 4.69) is 20.2 Å². The van der Waals surface area contributed by atoms with Crippen LogP contribution >= 0.6 is 0 Å². The Balaban J connectivity index is 1.78. The van der Waals surface area contributed by atoms with E-state index in [1.165, 1.54) is 6.20 Å². The lowest BCUT2D eigenvalue weighted by Crippen LogP contribution is -2.14. The van der Waals surface area contributed by atoms with Crippen LogP contribution in [0.4, 0.5) is 17.2 Å². The Morgan fingerprint density at radius 3 is 2.40 bits per heavy atom. The lowest BCUT2D eigenvalue weighted by atomic mass is 10.2. The highest BCUT2D eigenvalue weighted by Gasteiger charge is 2.24. The zero-order valence-corrected chi connectivity index (χ0v) is 14.9. The van der Waals surface area contributed by atoms with Gasteiger partial charge in [-0.3, -0.25) is 4.72 Å². The van der Waals surface area contributed by atoms with Gasteiger partial charge in [-0.05, 0) is 44.5 Å². The standard InChI is InChI=1S/C17H18N4O3S/c1-11-6-4-5-7-15(11)19-16-9-8-14(10-18-16)21-25(22,23)17-12(2)20-24-13(17)3/h4-10,21H,1-3H3,(H,18,19). The molecule has 7 nitrogen and oxygen atoms in total. The van der Waals surface area contributed by atoms with E-state index < -0.39 is 10.0 Å². The predicted molar refractivity (Wildman–Crippen MR) is 95.5 cm³/mol. The molecule has 2 heterocycles. The third-order valence-corrected chi connectivity index (χ3v) is 5.28. The first kappa shape index (κ1) is 17.0. The Bertz CT molecular complexity index is 975. The van der Waals surface area contributed by atoms with Gasteiger partial charge in [0.2, 0.25) is 0 Å². The summed E-state index contributed by atoms with van der Waals surface area (Å²) in [7, 11) is -3.78. The number of nitrogens with zero attached hydrogens (tertiary/aromatic N) is 2. The summed E-state index contributed by atoms with van der Waals surface area (Å²) in [5, 5.41) is 6.87. The van der Waals surface area contributed by atoms with Crippen molar-refractivity contribution in [1.29, 1.82) is 0 Å². The minimum Gasteiger partial charge on any atom is -0.360 e. The molecular formula is C17H18N4O3S. The fourth-order valence-electron chi connectivity index (χ4n) is 2.44. The van der Waals surface area contributed by atoms with Gasteiger partial charge in [0.15, 0.2) is 10.7 Å². The fourth-order valence-corrected chi connectivity index (χ4v) is 3.82. The van der Waals surface area contributed by atoms with Gasteiger partial charge in [0.25, 0.3) is 10.0 Å². The van der Waals surface area contributed by atoms with E-state index in [4.69, 9.17) is 4.52 Å². The monoisotopic (exact) mass is 358 g/mol. The third kappa shape index (κ3) is 3.63. The topological polar surface area (TPSA) is 97.1 Å². The number of benzene rings is 1. The number of pyridine rings is 1. The summed E-state index contributed by atoms with van der Waals surface area (Å²) >= 11 is 0. The fraction of sp³-hybridized carbons (Fsp3) is 0.176. The van der Waals surface area contributed by atoms with Crippen molar-refractivity contribution in [3.63, 3.8) is 0 Å². The Morgan fingerprint density at radius 1 is 1.04 bits per heavy atom. The molecule has 130 valence electrons. The smallest absolute Gasteiger partial charge is 0.267 e. The molecule has 2 N–H and O–H groups in total. The highest BCUT2D eigenvalue weighted by atomic mass is 32.2. The maximum absolute atomic E-state index is 12.5. The average molecular weight is 358 g/mol. The first-order valence-electron chi connectivity index (χ1n) is 7.61. The van der Waals surface area contributed by atoms with Crippen LogP contribution < -0.4 is 10.0 Å². The molecule has 0 bridgehead atoms. The van der Waals surface area contributed by atoms with Crippen molar-refractivity contribution in [2.45, 2.75) is 25.7 Å². The van der Waals surface area contributed by atoms with Crippen LogP contribution in [0, 0.1) is 20.8 Å².